The van der Waals surface area contributed by atoms with E-state index >= 15 is 0 Å². The molecule has 6 nitrogen and oxygen atoms in total. The first kappa shape index (κ1) is 18.0. The summed E-state index contributed by atoms with van der Waals surface area (Å²) in [4.78, 5) is 12.1. The Morgan fingerprint density at radius 2 is 2.12 bits per heavy atom. The molecule has 126 valence electrons. The summed E-state index contributed by atoms with van der Waals surface area (Å²) in [7, 11) is 0. The number of carbonyl (C=O) groups excluding carboxylic acids is 1. The molecule has 1 amide bonds. The smallest absolute Gasteiger partial charge is 0.277 e. The molecule has 1 aromatic heterocycles. The fraction of sp³-hybridized carbons (Fsp3) is 0.412. The number of nitriles is 1. The number of aromatic nitrogens is 2. The molecule has 0 spiro atoms. The van der Waals surface area contributed by atoms with Gasteiger partial charge in [0.25, 0.3) is 5.22 Å². The highest BCUT2D eigenvalue weighted by Gasteiger charge is 2.30. The summed E-state index contributed by atoms with van der Waals surface area (Å²) in [6, 6.07) is 9.87. The minimum absolute atomic E-state index is 0.00696. The number of hydrogen-bond donors (Lipinski definition) is 1. The van der Waals surface area contributed by atoms with Crippen molar-refractivity contribution in [2.24, 2.45) is 5.92 Å². The van der Waals surface area contributed by atoms with Gasteiger partial charge in [-0.1, -0.05) is 43.8 Å². The molecule has 0 fully saturated rings. The molecule has 0 bridgehead atoms. The van der Waals surface area contributed by atoms with Crippen molar-refractivity contribution in [3.63, 3.8) is 0 Å². The van der Waals surface area contributed by atoms with Gasteiger partial charge in [-0.15, -0.1) is 10.2 Å². The predicted molar refractivity (Wildman–Crippen MR) is 92.2 cm³/mol. The highest BCUT2D eigenvalue weighted by molar-refractivity contribution is 7.99. The molecular weight excluding hydrogens is 324 g/mol. The van der Waals surface area contributed by atoms with Crippen LogP contribution in [-0.4, -0.2) is 27.4 Å². The quantitative estimate of drug-likeness (QED) is 0.809. The molecule has 2 rings (SSSR count). The minimum Gasteiger partial charge on any atom is -0.411 e. The van der Waals surface area contributed by atoms with Crippen LogP contribution in [0.5, 0.6) is 0 Å². The van der Waals surface area contributed by atoms with Gasteiger partial charge < -0.3 is 9.73 Å². The lowest BCUT2D eigenvalue weighted by Gasteiger charge is -2.27. The van der Waals surface area contributed by atoms with Crippen LogP contribution in [0.15, 0.2) is 33.9 Å². The van der Waals surface area contributed by atoms with E-state index < -0.39 is 5.54 Å². The van der Waals surface area contributed by atoms with Crippen LogP contribution in [0.1, 0.15) is 26.3 Å². The number of aryl methyl sites for hydroxylation is 1. The number of carbonyl (C=O) groups is 1. The second-order valence-electron chi connectivity index (χ2n) is 5.99. The Kier molecular flexibility index (Phi) is 5.62. The third-order valence-corrected chi connectivity index (χ3v) is 4.71. The van der Waals surface area contributed by atoms with Gasteiger partial charge in [0.1, 0.15) is 5.54 Å². The Morgan fingerprint density at radius 3 is 2.75 bits per heavy atom. The van der Waals surface area contributed by atoms with Crippen LogP contribution in [0.3, 0.4) is 0 Å². The predicted octanol–water partition coefficient (Wildman–Crippen LogP) is 3.19. The molecule has 1 heterocycles. The van der Waals surface area contributed by atoms with Gasteiger partial charge in [-0.25, -0.2) is 0 Å². The Hall–Kier alpha value is -2.33. The van der Waals surface area contributed by atoms with E-state index in [9.17, 15) is 10.1 Å². The molecule has 0 aliphatic heterocycles. The number of hydrogen-bond acceptors (Lipinski definition) is 6. The summed E-state index contributed by atoms with van der Waals surface area (Å²) in [5.74, 6) is 0.306. The van der Waals surface area contributed by atoms with E-state index in [0.29, 0.717) is 11.1 Å². The van der Waals surface area contributed by atoms with E-state index in [1.54, 1.807) is 6.92 Å². The van der Waals surface area contributed by atoms with Crippen molar-refractivity contribution in [1.82, 2.24) is 15.5 Å². The molecule has 1 aromatic carbocycles. The molecule has 0 radical (unpaired) electrons. The number of benzene rings is 1. The Bertz CT molecular complexity index is 766. The molecule has 0 aliphatic rings. The molecule has 0 aliphatic carbocycles. The lowest BCUT2D eigenvalue weighted by molar-refractivity contribution is -0.120. The number of nitrogens with zero attached hydrogens (tertiary/aromatic N) is 3. The zero-order chi connectivity index (χ0) is 17.7. The summed E-state index contributed by atoms with van der Waals surface area (Å²) < 4.78 is 5.60. The van der Waals surface area contributed by atoms with Crippen LogP contribution >= 0.6 is 11.8 Å². The molecule has 1 unspecified atom stereocenters. The third-order valence-electron chi connectivity index (χ3n) is 3.89. The van der Waals surface area contributed by atoms with Crippen molar-refractivity contribution in [2.75, 3.05) is 5.75 Å². The summed E-state index contributed by atoms with van der Waals surface area (Å²) in [5.41, 5.74) is 1.02. The zero-order valence-electron chi connectivity index (χ0n) is 14.2. The van der Waals surface area contributed by atoms with E-state index in [4.69, 9.17) is 4.42 Å². The van der Waals surface area contributed by atoms with Crippen LogP contribution in [0.2, 0.25) is 0 Å². The van der Waals surface area contributed by atoms with E-state index in [-0.39, 0.29) is 17.6 Å². The van der Waals surface area contributed by atoms with Gasteiger partial charge in [0.15, 0.2) is 0 Å². The van der Waals surface area contributed by atoms with Crippen LogP contribution in [0.4, 0.5) is 0 Å². The Morgan fingerprint density at radius 1 is 1.42 bits per heavy atom. The Balaban J connectivity index is 1.98. The van der Waals surface area contributed by atoms with E-state index in [1.165, 1.54) is 0 Å². The topological polar surface area (TPSA) is 91.8 Å². The van der Waals surface area contributed by atoms with Gasteiger partial charge >= 0.3 is 0 Å². The average molecular weight is 344 g/mol. The van der Waals surface area contributed by atoms with Gasteiger partial charge in [0, 0.05) is 5.56 Å². The lowest BCUT2D eigenvalue weighted by atomic mass is 9.90. The fourth-order valence-corrected chi connectivity index (χ4v) is 2.51. The molecule has 7 heteroatoms. The van der Waals surface area contributed by atoms with Gasteiger partial charge in [-0.3, -0.25) is 4.79 Å². The monoisotopic (exact) mass is 344 g/mol. The summed E-state index contributed by atoms with van der Waals surface area (Å²) in [6.07, 6.45) is 0. The van der Waals surface area contributed by atoms with E-state index in [2.05, 4.69) is 21.6 Å². The van der Waals surface area contributed by atoms with Crippen molar-refractivity contribution in [1.29, 1.82) is 5.26 Å². The molecule has 2 aromatic rings. The summed E-state index contributed by atoms with van der Waals surface area (Å²) in [6.45, 7) is 7.46. The molecule has 24 heavy (non-hydrogen) atoms. The van der Waals surface area contributed by atoms with Crippen LogP contribution < -0.4 is 5.32 Å². The van der Waals surface area contributed by atoms with Gasteiger partial charge in [0.2, 0.25) is 11.8 Å². The fourth-order valence-electron chi connectivity index (χ4n) is 1.94. The summed E-state index contributed by atoms with van der Waals surface area (Å²) in [5, 5.41) is 20.3. The maximum absolute atomic E-state index is 12.1. The maximum Gasteiger partial charge on any atom is 0.277 e. The largest absolute Gasteiger partial charge is 0.411 e. The second-order valence-corrected chi connectivity index (χ2v) is 6.92. The second kappa shape index (κ2) is 7.49. The normalized spacial score (nSPS) is 13.3. The maximum atomic E-state index is 12.1. The molecule has 1 N–H and O–H groups in total. The van der Waals surface area contributed by atoms with Gasteiger partial charge in [-0.2, -0.15) is 5.26 Å². The summed E-state index contributed by atoms with van der Waals surface area (Å²) >= 11 is 1.15. The van der Waals surface area contributed by atoms with Crippen LogP contribution in [0.25, 0.3) is 11.5 Å². The van der Waals surface area contributed by atoms with Crippen molar-refractivity contribution in [2.45, 2.75) is 38.5 Å². The van der Waals surface area contributed by atoms with Crippen LogP contribution in [0, 0.1) is 24.2 Å². The number of thioether (sulfide) groups is 1. The lowest BCUT2D eigenvalue weighted by Crippen LogP contribution is -2.49. The van der Waals surface area contributed by atoms with Crippen molar-refractivity contribution in [3.8, 4) is 17.5 Å². The van der Waals surface area contributed by atoms with Gasteiger partial charge in [-0.05, 0) is 31.4 Å². The third kappa shape index (κ3) is 4.15. The first-order valence-electron chi connectivity index (χ1n) is 7.60. The minimum atomic E-state index is -0.890. The van der Waals surface area contributed by atoms with E-state index in [0.717, 1.165) is 22.9 Å². The molecule has 0 saturated carbocycles. The first-order valence-corrected chi connectivity index (χ1v) is 8.59. The SMILES string of the molecule is Cc1ccccc1-c1nnc(SCC(=O)NC(C)(C#N)C(C)C)o1. The molecule has 1 atom stereocenters. The number of nitrogens with one attached hydrogen (secondary N) is 1. The highest BCUT2D eigenvalue weighted by Crippen LogP contribution is 2.25. The van der Waals surface area contributed by atoms with Crippen molar-refractivity contribution in [3.05, 3.63) is 29.8 Å². The Labute approximate surface area is 145 Å². The molecule has 0 saturated heterocycles. The highest BCUT2D eigenvalue weighted by atomic mass is 32.2. The number of rotatable bonds is 6. The average Bonchev–Trinajstić information content (AvgIpc) is 3.01. The van der Waals surface area contributed by atoms with Crippen molar-refractivity contribution >= 4 is 17.7 Å². The van der Waals surface area contributed by atoms with Crippen molar-refractivity contribution < 1.29 is 9.21 Å². The zero-order valence-corrected chi connectivity index (χ0v) is 15.0. The van der Waals surface area contributed by atoms with Gasteiger partial charge in [0.05, 0.1) is 11.8 Å². The standard InChI is InChI=1S/C17H20N4O2S/c1-11(2)17(4,10-18)19-14(22)9-24-16-21-20-15(23-16)13-8-6-5-7-12(13)3/h5-8,11H,9H2,1-4H3,(H,19,22). The van der Waals surface area contributed by atoms with E-state index in [1.807, 2.05) is 45.0 Å². The molecular formula is C17H20N4O2S. The van der Waals surface area contributed by atoms with Crippen LogP contribution in [-0.2, 0) is 4.79 Å². The number of amides is 1. The first-order chi connectivity index (χ1) is 11.4.